The van der Waals surface area contributed by atoms with Gasteiger partial charge in [-0.1, -0.05) is 46.3 Å². The van der Waals surface area contributed by atoms with Crippen molar-refractivity contribution in [3.05, 3.63) is 70.2 Å². The zero-order chi connectivity index (χ0) is 18.7. The number of halogens is 1. The third-order valence-corrected chi connectivity index (χ3v) is 4.51. The molecule has 1 aliphatic rings. The minimum atomic E-state index is -0.570. The van der Waals surface area contributed by atoms with Gasteiger partial charge >= 0.3 is 0 Å². The van der Waals surface area contributed by atoms with Gasteiger partial charge in [0.25, 0.3) is 5.91 Å². The standard InChI is InChI=1S/C19H15BrN2O4/c20-15-8-6-13(7-9-15)16(23)12-21(22-17(24)10-11-18(22)25)19(26)14-4-2-1-3-5-14/h1-9H,10-12H2. The quantitative estimate of drug-likeness (QED) is 0.556. The van der Waals surface area contributed by atoms with Crippen LogP contribution in [0, 0.1) is 0 Å². The van der Waals surface area contributed by atoms with Crippen molar-refractivity contribution < 1.29 is 19.2 Å². The van der Waals surface area contributed by atoms with Crippen LogP contribution in [-0.2, 0) is 9.59 Å². The van der Waals surface area contributed by atoms with E-state index in [4.69, 9.17) is 0 Å². The van der Waals surface area contributed by atoms with E-state index in [9.17, 15) is 19.2 Å². The van der Waals surface area contributed by atoms with E-state index in [0.717, 1.165) is 14.5 Å². The summed E-state index contributed by atoms with van der Waals surface area (Å²) in [7, 11) is 0. The molecular formula is C19H15BrN2O4. The second-order valence-electron chi connectivity index (χ2n) is 5.76. The third-order valence-electron chi connectivity index (χ3n) is 3.98. The molecule has 0 unspecified atom stereocenters. The lowest BCUT2D eigenvalue weighted by molar-refractivity contribution is -0.152. The Balaban J connectivity index is 1.91. The summed E-state index contributed by atoms with van der Waals surface area (Å²) in [5.41, 5.74) is 0.682. The lowest BCUT2D eigenvalue weighted by atomic mass is 10.1. The summed E-state index contributed by atoms with van der Waals surface area (Å²) in [5, 5.41) is 1.74. The first-order valence-corrected chi connectivity index (χ1v) is 8.78. The van der Waals surface area contributed by atoms with Gasteiger partial charge < -0.3 is 0 Å². The summed E-state index contributed by atoms with van der Waals surface area (Å²) in [5.74, 6) is -1.90. The number of ketones is 1. The molecule has 1 aliphatic heterocycles. The first kappa shape index (κ1) is 18.0. The van der Waals surface area contributed by atoms with E-state index in [0.29, 0.717) is 11.1 Å². The number of amides is 3. The van der Waals surface area contributed by atoms with Gasteiger partial charge in [-0.15, -0.1) is 0 Å². The second kappa shape index (κ2) is 7.61. The monoisotopic (exact) mass is 414 g/mol. The smallest absolute Gasteiger partial charge is 0.273 e. The largest absolute Gasteiger partial charge is 0.292 e. The maximum Gasteiger partial charge on any atom is 0.273 e. The Morgan fingerprint density at radius 1 is 0.885 bits per heavy atom. The summed E-state index contributed by atoms with van der Waals surface area (Å²) in [6.07, 6.45) is 0.0632. The molecule has 3 amide bonds. The Labute approximate surface area is 158 Å². The second-order valence-corrected chi connectivity index (χ2v) is 6.67. The predicted molar refractivity (Wildman–Crippen MR) is 97.0 cm³/mol. The fraction of sp³-hybridized carbons (Fsp3) is 0.158. The van der Waals surface area contributed by atoms with Crippen LogP contribution in [0.2, 0.25) is 0 Å². The minimum Gasteiger partial charge on any atom is -0.292 e. The van der Waals surface area contributed by atoms with E-state index in [2.05, 4.69) is 15.9 Å². The highest BCUT2D eigenvalue weighted by Crippen LogP contribution is 2.19. The van der Waals surface area contributed by atoms with Crippen molar-refractivity contribution in [3.63, 3.8) is 0 Å². The molecule has 1 heterocycles. The number of Topliss-reactive ketones (excluding diaryl/α,β-unsaturated/α-hetero) is 1. The Hall–Kier alpha value is -2.80. The number of benzene rings is 2. The van der Waals surface area contributed by atoms with Crippen LogP contribution in [-0.4, -0.2) is 40.1 Å². The number of hydrazine groups is 1. The molecular weight excluding hydrogens is 400 g/mol. The van der Waals surface area contributed by atoms with Crippen LogP contribution < -0.4 is 0 Å². The molecule has 132 valence electrons. The molecule has 26 heavy (non-hydrogen) atoms. The van der Waals surface area contributed by atoms with Crippen molar-refractivity contribution in [1.29, 1.82) is 0 Å². The third kappa shape index (κ3) is 3.72. The molecule has 2 aromatic carbocycles. The molecule has 0 saturated carbocycles. The summed E-state index contributed by atoms with van der Waals surface area (Å²) in [6, 6.07) is 14.9. The number of imide groups is 1. The van der Waals surface area contributed by atoms with Crippen LogP contribution in [0.4, 0.5) is 0 Å². The van der Waals surface area contributed by atoms with E-state index in [1.54, 1.807) is 54.6 Å². The van der Waals surface area contributed by atoms with Crippen molar-refractivity contribution in [3.8, 4) is 0 Å². The highest BCUT2D eigenvalue weighted by atomic mass is 79.9. The van der Waals surface area contributed by atoms with Crippen molar-refractivity contribution in [2.45, 2.75) is 12.8 Å². The molecule has 0 N–H and O–H groups in total. The van der Waals surface area contributed by atoms with Crippen molar-refractivity contribution in [2.24, 2.45) is 0 Å². The SMILES string of the molecule is O=C(CN(C(=O)c1ccccc1)N1C(=O)CCC1=O)c1ccc(Br)cc1. The molecule has 1 saturated heterocycles. The number of hydrogen-bond acceptors (Lipinski definition) is 4. The van der Waals surface area contributed by atoms with Gasteiger partial charge in [-0.05, 0) is 24.3 Å². The molecule has 7 heteroatoms. The van der Waals surface area contributed by atoms with E-state index < -0.39 is 24.3 Å². The average molecular weight is 415 g/mol. The fourth-order valence-corrected chi connectivity index (χ4v) is 2.92. The maximum absolute atomic E-state index is 12.9. The van der Waals surface area contributed by atoms with E-state index in [1.165, 1.54) is 0 Å². The van der Waals surface area contributed by atoms with Gasteiger partial charge in [0, 0.05) is 28.4 Å². The van der Waals surface area contributed by atoms with Gasteiger partial charge in [-0.2, -0.15) is 5.01 Å². The molecule has 6 nitrogen and oxygen atoms in total. The highest BCUT2D eigenvalue weighted by Gasteiger charge is 2.38. The summed E-state index contributed by atoms with van der Waals surface area (Å²) < 4.78 is 0.816. The molecule has 0 atom stereocenters. The molecule has 1 fully saturated rings. The van der Waals surface area contributed by atoms with Crippen LogP contribution >= 0.6 is 15.9 Å². The number of nitrogens with zero attached hydrogens (tertiary/aromatic N) is 2. The van der Waals surface area contributed by atoms with Crippen LogP contribution in [0.25, 0.3) is 0 Å². The topological polar surface area (TPSA) is 74.8 Å². The van der Waals surface area contributed by atoms with Crippen LogP contribution in [0.3, 0.4) is 0 Å². The predicted octanol–water partition coefficient (Wildman–Crippen LogP) is 2.84. The zero-order valence-corrected chi connectivity index (χ0v) is 15.3. The Morgan fingerprint density at radius 3 is 2.04 bits per heavy atom. The minimum absolute atomic E-state index is 0.0316. The maximum atomic E-state index is 12.9. The number of hydrogen-bond donors (Lipinski definition) is 0. The number of carbonyl (C=O) groups excluding carboxylic acids is 4. The first-order chi connectivity index (χ1) is 12.5. The number of carbonyl (C=O) groups is 4. The van der Waals surface area contributed by atoms with Gasteiger partial charge in [-0.3, -0.25) is 19.2 Å². The lowest BCUT2D eigenvalue weighted by Crippen LogP contribution is -2.51. The summed E-state index contributed by atoms with van der Waals surface area (Å²) in [4.78, 5) is 49.7. The van der Waals surface area contributed by atoms with E-state index in [1.807, 2.05) is 0 Å². The van der Waals surface area contributed by atoms with E-state index >= 15 is 0 Å². The fourth-order valence-electron chi connectivity index (χ4n) is 2.66. The van der Waals surface area contributed by atoms with Gasteiger partial charge in [0.15, 0.2) is 5.78 Å². The van der Waals surface area contributed by atoms with Crippen molar-refractivity contribution in [1.82, 2.24) is 10.0 Å². The van der Waals surface area contributed by atoms with Gasteiger partial charge in [-0.25, -0.2) is 5.01 Å². The van der Waals surface area contributed by atoms with Crippen molar-refractivity contribution >= 4 is 39.4 Å². The summed E-state index contributed by atoms with van der Waals surface area (Å²) >= 11 is 3.30. The average Bonchev–Trinajstić information content (AvgIpc) is 2.98. The van der Waals surface area contributed by atoms with Crippen LogP contribution in [0.15, 0.2) is 59.1 Å². The Morgan fingerprint density at radius 2 is 1.46 bits per heavy atom. The zero-order valence-electron chi connectivity index (χ0n) is 13.7. The summed E-state index contributed by atoms with van der Waals surface area (Å²) in [6.45, 7) is -0.396. The molecule has 0 radical (unpaired) electrons. The van der Waals surface area contributed by atoms with Gasteiger partial charge in [0.05, 0.1) is 0 Å². The Bertz CT molecular complexity index is 849. The van der Waals surface area contributed by atoms with Crippen LogP contribution in [0.5, 0.6) is 0 Å². The van der Waals surface area contributed by atoms with Gasteiger partial charge in [0.2, 0.25) is 11.8 Å². The first-order valence-electron chi connectivity index (χ1n) is 7.99. The van der Waals surface area contributed by atoms with E-state index in [-0.39, 0.29) is 18.6 Å². The normalized spacial score (nSPS) is 13.8. The van der Waals surface area contributed by atoms with Gasteiger partial charge in [0.1, 0.15) is 6.54 Å². The van der Waals surface area contributed by atoms with Crippen LogP contribution in [0.1, 0.15) is 33.6 Å². The molecule has 3 rings (SSSR count). The van der Waals surface area contributed by atoms with Crippen molar-refractivity contribution in [2.75, 3.05) is 6.54 Å². The Kier molecular flexibility index (Phi) is 5.27. The highest BCUT2D eigenvalue weighted by molar-refractivity contribution is 9.10. The molecule has 0 bridgehead atoms. The lowest BCUT2D eigenvalue weighted by Gasteiger charge is -2.29. The molecule has 0 aromatic heterocycles. The molecule has 2 aromatic rings. The molecule has 0 aliphatic carbocycles. The molecule has 0 spiro atoms. The number of rotatable bonds is 5.